The highest BCUT2D eigenvalue weighted by Gasteiger charge is 2.40. The molecule has 2 aliphatic carbocycles. The van der Waals surface area contributed by atoms with Gasteiger partial charge in [-0.2, -0.15) is 10.5 Å². The maximum absolute atomic E-state index is 9.60. The van der Waals surface area contributed by atoms with Crippen LogP contribution in [0.5, 0.6) is 5.75 Å². The second kappa shape index (κ2) is 18.5. The smallest absolute Gasteiger partial charge is 0.150 e. The molecule has 1 heterocycles. The number of hydrogen-bond donors (Lipinski definition) is 1. The zero-order chi connectivity index (χ0) is 42.3. The summed E-state index contributed by atoms with van der Waals surface area (Å²) in [5.41, 5.74) is 8.15. The molecule has 58 heavy (non-hydrogen) atoms. The van der Waals surface area contributed by atoms with Crippen molar-refractivity contribution >= 4 is 5.69 Å². The number of allylic oxidation sites excluding steroid dienone is 10. The number of ether oxygens (including phenoxy) is 2. The van der Waals surface area contributed by atoms with E-state index in [1.165, 1.54) is 22.5 Å². The van der Waals surface area contributed by atoms with Gasteiger partial charge in [0, 0.05) is 36.4 Å². The fourth-order valence-electron chi connectivity index (χ4n) is 7.98. The van der Waals surface area contributed by atoms with Gasteiger partial charge in [-0.25, -0.2) is 0 Å². The molecule has 0 saturated carbocycles. The van der Waals surface area contributed by atoms with Crippen molar-refractivity contribution < 1.29 is 14.6 Å². The molecule has 0 saturated heterocycles. The summed E-state index contributed by atoms with van der Waals surface area (Å²) < 4.78 is 13.2. The van der Waals surface area contributed by atoms with Crippen molar-refractivity contribution in [2.75, 3.05) is 18.1 Å². The quantitative estimate of drug-likeness (QED) is 0.117. The summed E-state index contributed by atoms with van der Waals surface area (Å²) in [5, 5.41) is 28.6. The number of rotatable bonds is 14. The van der Waals surface area contributed by atoms with Crippen LogP contribution < -0.4 is 9.64 Å². The van der Waals surface area contributed by atoms with Gasteiger partial charge in [0.15, 0.2) is 5.76 Å². The van der Waals surface area contributed by atoms with Crippen molar-refractivity contribution in [1.29, 1.82) is 10.5 Å². The van der Waals surface area contributed by atoms with E-state index in [1.807, 2.05) is 32.0 Å². The first kappa shape index (κ1) is 43.8. The van der Waals surface area contributed by atoms with Crippen LogP contribution in [0.25, 0.3) is 0 Å². The summed E-state index contributed by atoms with van der Waals surface area (Å²) in [5.74, 6) is 2.77. The molecule has 3 aliphatic rings. The molecular weight excluding hydrogens is 715 g/mol. The van der Waals surface area contributed by atoms with Crippen molar-refractivity contribution in [3.63, 3.8) is 0 Å². The standard InChI is InChI=1S/C52H63N3O3/c1-36-19-21-40(22-20-36)35-55-46-18-12-11-17-45(46)52(9,10)47(55)28-25-42-32-43(50(4,5)6)31-41(49(42)57-44-26-23-39(24-27-44)15-14-30-56)16-13-29-51(7,8)58-48(37(2)33-53)38(3)34-54/h11-13,16-19,21-28,36,43,56H,2,14-15,20,29-32,35H2,1,3-10H3/b16-13+,42-25+,47-28+,48-38-. The number of benzene rings is 2. The summed E-state index contributed by atoms with van der Waals surface area (Å²) in [4.78, 5) is 2.50. The second-order valence-corrected chi connectivity index (χ2v) is 18.3. The van der Waals surface area contributed by atoms with E-state index in [2.05, 4.69) is 138 Å². The van der Waals surface area contributed by atoms with Gasteiger partial charge in [-0.05, 0) is 122 Å². The number of anilines is 1. The largest absolute Gasteiger partial charge is 0.485 e. The van der Waals surface area contributed by atoms with E-state index >= 15 is 0 Å². The number of hydrogen-bond acceptors (Lipinski definition) is 6. The first-order valence-corrected chi connectivity index (χ1v) is 20.8. The summed E-state index contributed by atoms with van der Waals surface area (Å²) >= 11 is 0. The van der Waals surface area contributed by atoms with Gasteiger partial charge in [0.05, 0.1) is 17.2 Å². The lowest BCUT2D eigenvalue weighted by Gasteiger charge is -2.37. The molecule has 2 atom stereocenters. The molecule has 2 unspecified atom stereocenters. The molecule has 0 amide bonds. The molecule has 0 radical (unpaired) electrons. The van der Waals surface area contributed by atoms with E-state index in [9.17, 15) is 15.6 Å². The highest BCUT2D eigenvalue weighted by atomic mass is 16.5. The lowest BCUT2D eigenvalue weighted by Crippen LogP contribution is -2.28. The van der Waals surface area contributed by atoms with Gasteiger partial charge in [-0.15, -0.1) is 0 Å². The van der Waals surface area contributed by atoms with E-state index < -0.39 is 5.60 Å². The number of fused-ring (bicyclic) bond motifs is 1. The number of aliphatic hydroxyl groups is 1. The summed E-state index contributed by atoms with van der Waals surface area (Å²) in [7, 11) is 0. The van der Waals surface area contributed by atoms with Crippen molar-refractivity contribution in [3.05, 3.63) is 154 Å². The van der Waals surface area contributed by atoms with Crippen LogP contribution in [0.15, 0.2) is 143 Å². The normalized spacial score (nSPS) is 21.1. The van der Waals surface area contributed by atoms with Gasteiger partial charge < -0.3 is 19.5 Å². The summed E-state index contributed by atoms with van der Waals surface area (Å²) in [6, 6.07) is 21.2. The number of nitrogens with zero attached hydrogens (tertiary/aromatic N) is 3. The topological polar surface area (TPSA) is 89.5 Å². The minimum absolute atomic E-state index is 0.0333. The fourth-order valence-corrected chi connectivity index (χ4v) is 7.98. The average Bonchev–Trinajstić information content (AvgIpc) is 3.40. The monoisotopic (exact) mass is 777 g/mol. The number of aliphatic hydroxyl groups excluding tert-OH is 1. The molecule has 0 bridgehead atoms. The Bertz CT molecular complexity index is 2150. The second-order valence-electron chi connectivity index (χ2n) is 18.3. The van der Waals surface area contributed by atoms with Crippen molar-refractivity contribution in [3.8, 4) is 17.9 Å². The third kappa shape index (κ3) is 10.6. The summed E-state index contributed by atoms with van der Waals surface area (Å²) in [6.45, 7) is 24.2. The molecule has 2 aromatic rings. The van der Waals surface area contributed by atoms with Crippen LogP contribution in [-0.2, 0) is 16.6 Å². The highest BCUT2D eigenvalue weighted by molar-refractivity contribution is 5.72. The van der Waals surface area contributed by atoms with Crippen LogP contribution in [-0.4, -0.2) is 23.9 Å². The van der Waals surface area contributed by atoms with Crippen LogP contribution in [0.1, 0.15) is 106 Å². The fraction of sp³-hybridized carbons (Fsp3) is 0.423. The Balaban J connectivity index is 1.61. The minimum Gasteiger partial charge on any atom is -0.485 e. The first-order valence-electron chi connectivity index (χ1n) is 20.8. The van der Waals surface area contributed by atoms with E-state index in [-0.39, 0.29) is 28.8 Å². The Kier molecular flexibility index (Phi) is 14.0. The van der Waals surface area contributed by atoms with Crippen LogP contribution in [0.4, 0.5) is 5.69 Å². The molecular formula is C52H63N3O3. The maximum atomic E-state index is 9.60. The van der Waals surface area contributed by atoms with Gasteiger partial charge in [-0.1, -0.05) is 115 Å². The lowest BCUT2D eigenvalue weighted by atomic mass is 9.70. The predicted molar refractivity (Wildman–Crippen MR) is 238 cm³/mol. The van der Waals surface area contributed by atoms with Crippen LogP contribution in [0.2, 0.25) is 0 Å². The number of aryl methyl sites for hydroxylation is 1. The highest BCUT2D eigenvalue weighted by Crippen LogP contribution is 2.49. The molecule has 6 nitrogen and oxygen atoms in total. The molecule has 5 rings (SSSR count). The van der Waals surface area contributed by atoms with Crippen LogP contribution >= 0.6 is 0 Å². The Labute approximate surface area is 348 Å². The van der Waals surface area contributed by atoms with E-state index in [1.54, 1.807) is 6.92 Å². The maximum Gasteiger partial charge on any atom is 0.150 e. The van der Waals surface area contributed by atoms with Crippen molar-refractivity contribution in [2.45, 2.75) is 112 Å². The molecule has 0 aromatic heterocycles. The van der Waals surface area contributed by atoms with E-state index in [4.69, 9.17) is 9.47 Å². The van der Waals surface area contributed by atoms with Gasteiger partial charge >= 0.3 is 0 Å². The SMILES string of the molecule is C=C(C#N)/C(OC(C)(C)C/C=C/C1=C(Oc2ccc(CCCO)cc2)C(=C/C=C2/N(CC3=CCC(C)C=C3)c3ccccc3C2(C)C)/CC(C(C)(C)C)C1)=C(\C)C#N. The Morgan fingerprint density at radius 2 is 1.74 bits per heavy atom. The Hall–Kier alpha value is -5.30. The first-order chi connectivity index (χ1) is 27.5. The number of para-hydroxylation sites is 1. The van der Waals surface area contributed by atoms with Crippen molar-refractivity contribution in [1.82, 2.24) is 0 Å². The zero-order valence-corrected chi connectivity index (χ0v) is 36.3. The Morgan fingerprint density at radius 3 is 2.38 bits per heavy atom. The number of nitriles is 2. The lowest BCUT2D eigenvalue weighted by molar-refractivity contribution is 0.0422. The Morgan fingerprint density at radius 1 is 1.02 bits per heavy atom. The van der Waals surface area contributed by atoms with Gasteiger partial charge in [-0.3, -0.25) is 0 Å². The third-order valence-electron chi connectivity index (χ3n) is 11.7. The van der Waals surface area contributed by atoms with E-state index in [0.717, 1.165) is 66.9 Å². The minimum atomic E-state index is -0.718. The molecule has 6 heteroatoms. The van der Waals surface area contributed by atoms with Crippen molar-refractivity contribution in [2.24, 2.45) is 17.3 Å². The summed E-state index contributed by atoms with van der Waals surface area (Å²) in [6.07, 6.45) is 20.8. The predicted octanol–water partition coefficient (Wildman–Crippen LogP) is 12.4. The van der Waals surface area contributed by atoms with Gasteiger partial charge in [0.25, 0.3) is 0 Å². The molecule has 2 aromatic carbocycles. The van der Waals surface area contributed by atoms with Crippen LogP contribution in [0.3, 0.4) is 0 Å². The molecule has 0 fully saturated rings. The van der Waals surface area contributed by atoms with E-state index in [0.29, 0.717) is 23.8 Å². The van der Waals surface area contributed by atoms with Crippen LogP contribution in [0, 0.1) is 39.9 Å². The molecule has 304 valence electrons. The average molecular weight is 778 g/mol. The van der Waals surface area contributed by atoms with Gasteiger partial charge in [0.2, 0.25) is 0 Å². The molecule has 1 aliphatic heterocycles. The zero-order valence-electron chi connectivity index (χ0n) is 36.3. The molecule has 0 spiro atoms. The molecule has 1 N–H and O–H groups in total. The van der Waals surface area contributed by atoms with Gasteiger partial charge in [0.1, 0.15) is 23.2 Å². The third-order valence-corrected chi connectivity index (χ3v) is 11.7.